The molecule has 128 valence electrons. The zero-order valence-electron chi connectivity index (χ0n) is 14.1. The van der Waals surface area contributed by atoms with Gasteiger partial charge in [0.1, 0.15) is 0 Å². The predicted octanol–water partition coefficient (Wildman–Crippen LogP) is 1.68. The highest BCUT2D eigenvalue weighted by Crippen LogP contribution is 2.23. The standard InChI is InChI=1S/C19H20N4O2/c1-23-18(24)9-13-8-12(6-7-16(13)22-23)19(25)21-11-14-10-20-17-5-3-2-4-15(14)17/h2-5,9-10,12,20H,6-8,11H2,1H3,(H,21,25). The number of carbonyl (C=O) groups is 1. The van der Waals surface area contributed by atoms with E-state index in [1.54, 1.807) is 13.1 Å². The maximum atomic E-state index is 12.6. The van der Waals surface area contributed by atoms with E-state index >= 15 is 0 Å². The number of rotatable bonds is 3. The smallest absolute Gasteiger partial charge is 0.266 e. The predicted molar refractivity (Wildman–Crippen MR) is 95.1 cm³/mol. The second kappa shape index (κ2) is 6.20. The van der Waals surface area contributed by atoms with E-state index in [1.165, 1.54) is 4.68 Å². The molecule has 0 bridgehead atoms. The van der Waals surface area contributed by atoms with Crippen molar-refractivity contribution in [1.82, 2.24) is 20.1 Å². The zero-order valence-corrected chi connectivity index (χ0v) is 14.1. The highest BCUT2D eigenvalue weighted by molar-refractivity contribution is 5.84. The van der Waals surface area contributed by atoms with E-state index in [0.29, 0.717) is 13.0 Å². The van der Waals surface area contributed by atoms with Crippen molar-refractivity contribution in [3.63, 3.8) is 0 Å². The summed E-state index contributed by atoms with van der Waals surface area (Å²) in [6.45, 7) is 0.501. The molecule has 1 aliphatic rings. The number of aromatic nitrogens is 3. The van der Waals surface area contributed by atoms with Crippen LogP contribution < -0.4 is 10.9 Å². The molecule has 0 aliphatic heterocycles. The van der Waals surface area contributed by atoms with Crippen LogP contribution in [-0.2, 0) is 31.2 Å². The average Bonchev–Trinajstić information content (AvgIpc) is 3.03. The topological polar surface area (TPSA) is 79.8 Å². The number of fused-ring (bicyclic) bond motifs is 2. The fourth-order valence-corrected chi connectivity index (χ4v) is 3.51. The van der Waals surface area contributed by atoms with Gasteiger partial charge in [0.25, 0.3) is 5.56 Å². The molecule has 4 rings (SSSR count). The molecule has 25 heavy (non-hydrogen) atoms. The summed E-state index contributed by atoms with van der Waals surface area (Å²) in [7, 11) is 1.66. The van der Waals surface area contributed by atoms with Crippen LogP contribution >= 0.6 is 0 Å². The van der Waals surface area contributed by atoms with Gasteiger partial charge in [0, 0.05) is 42.7 Å². The van der Waals surface area contributed by atoms with Gasteiger partial charge in [-0.15, -0.1) is 0 Å². The molecule has 0 fully saturated rings. The third-order valence-electron chi connectivity index (χ3n) is 4.95. The van der Waals surface area contributed by atoms with Gasteiger partial charge in [0.15, 0.2) is 0 Å². The molecular weight excluding hydrogens is 316 g/mol. The fraction of sp³-hybridized carbons (Fsp3) is 0.316. The highest BCUT2D eigenvalue weighted by Gasteiger charge is 2.26. The van der Waals surface area contributed by atoms with E-state index in [2.05, 4.69) is 15.4 Å². The molecule has 0 saturated heterocycles. The molecule has 1 aliphatic carbocycles. The van der Waals surface area contributed by atoms with E-state index in [9.17, 15) is 9.59 Å². The monoisotopic (exact) mass is 336 g/mol. The summed E-state index contributed by atoms with van der Waals surface area (Å²) in [6, 6.07) is 9.66. The van der Waals surface area contributed by atoms with E-state index in [4.69, 9.17) is 0 Å². The number of hydrogen-bond donors (Lipinski definition) is 2. The van der Waals surface area contributed by atoms with Crippen LogP contribution in [0.25, 0.3) is 10.9 Å². The maximum Gasteiger partial charge on any atom is 0.266 e. The molecule has 0 radical (unpaired) electrons. The molecule has 1 unspecified atom stereocenters. The van der Waals surface area contributed by atoms with E-state index in [1.807, 2.05) is 30.5 Å². The molecule has 0 spiro atoms. The third-order valence-corrected chi connectivity index (χ3v) is 4.95. The largest absolute Gasteiger partial charge is 0.361 e. The minimum absolute atomic E-state index is 0.0385. The summed E-state index contributed by atoms with van der Waals surface area (Å²) in [5.74, 6) is -0.0665. The first kappa shape index (κ1) is 15.6. The second-order valence-electron chi connectivity index (χ2n) is 6.60. The summed E-state index contributed by atoms with van der Waals surface area (Å²) in [5, 5.41) is 8.47. The van der Waals surface area contributed by atoms with Crippen LogP contribution in [0.3, 0.4) is 0 Å². The lowest BCUT2D eigenvalue weighted by Gasteiger charge is -2.23. The lowest BCUT2D eigenvalue weighted by molar-refractivity contribution is -0.125. The van der Waals surface area contributed by atoms with Gasteiger partial charge in [-0.2, -0.15) is 5.10 Å². The lowest BCUT2D eigenvalue weighted by Crippen LogP contribution is -2.35. The SMILES string of the molecule is Cn1nc2c(cc1=O)CC(C(=O)NCc1c[nH]c3ccccc13)CC2. The van der Waals surface area contributed by atoms with Crippen molar-refractivity contribution in [3.05, 3.63) is 63.7 Å². The van der Waals surface area contributed by atoms with Gasteiger partial charge in [-0.05, 0) is 36.5 Å². The number of para-hydroxylation sites is 1. The Balaban J connectivity index is 1.45. The highest BCUT2D eigenvalue weighted by atomic mass is 16.2. The van der Waals surface area contributed by atoms with Crippen LogP contribution in [0.5, 0.6) is 0 Å². The average molecular weight is 336 g/mol. The van der Waals surface area contributed by atoms with Gasteiger partial charge < -0.3 is 10.3 Å². The summed E-state index contributed by atoms with van der Waals surface area (Å²) < 4.78 is 1.36. The van der Waals surface area contributed by atoms with Crippen LogP contribution in [-0.4, -0.2) is 20.7 Å². The molecule has 0 saturated carbocycles. The van der Waals surface area contributed by atoms with Crippen molar-refractivity contribution in [2.45, 2.75) is 25.8 Å². The molecule has 1 amide bonds. The molecular formula is C19H20N4O2. The Kier molecular flexibility index (Phi) is 3.87. The minimum atomic E-state index is -0.126. The molecule has 2 heterocycles. The van der Waals surface area contributed by atoms with Crippen molar-refractivity contribution >= 4 is 16.8 Å². The van der Waals surface area contributed by atoms with Crippen molar-refractivity contribution in [1.29, 1.82) is 0 Å². The number of hydrogen-bond acceptors (Lipinski definition) is 3. The van der Waals surface area contributed by atoms with Crippen LogP contribution in [0, 0.1) is 5.92 Å². The van der Waals surface area contributed by atoms with Gasteiger partial charge in [-0.25, -0.2) is 4.68 Å². The van der Waals surface area contributed by atoms with Crippen LogP contribution in [0.15, 0.2) is 41.3 Å². The van der Waals surface area contributed by atoms with Gasteiger partial charge in [0.05, 0.1) is 5.69 Å². The van der Waals surface area contributed by atoms with Crippen LogP contribution in [0.2, 0.25) is 0 Å². The molecule has 1 aromatic carbocycles. The van der Waals surface area contributed by atoms with Gasteiger partial charge in [-0.1, -0.05) is 18.2 Å². The number of nitrogens with one attached hydrogen (secondary N) is 2. The van der Waals surface area contributed by atoms with Crippen molar-refractivity contribution < 1.29 is 4.79 Å². The normalized spacial score (nSPS) is 16.6. The third kappa shape index (κ3) is 2.95. The Labute approximate surface area is 144 Å². The van der Waals surface area contributed by atoms with Crippen molar-refractivity contribution in [3.8, 4) is 0 Å². The number of H-pyrrole nitrogens is 1. The van der Waals surface area contributed by atoms with Crippen LogP contribution in [0.1, 0.15) is 23.2 Å². The fourth-order valence-electron chi connectivity index (χ4n) is 3.51. The Bertz CT molecular complexity index is 1000. The van der Waals surface area contributed by atoms with E-state index < -0.39 is 0 Å². The lowest BCUT2D eigenvalue weighted by atomic mass is 9.86. The van der Waals surface area contributed by atoms with E-state index in [-0.39, 0.29) is 17.4 Å². The number of aromatic amines is 1. The Morgan fingerprint density at radius 2 is 2.24 bits per heavy atom. The van der Waals surface area contributed by atoms with Gasteiger partial charge >= 0.3 is 0 Å². The summed E-state index contributed by atoms with van der Waals surface area (Å²) in [4.78, 5) is 27.6. The van der Waals surface area contributed by atoms with Crippen molar-refractivity contribution in [2.75, 3.05) is 0 Å². The number of carbonyl (C=O) groups excluding carboxylic acids is 1. The van der Waals surface area contributed by atoms with E-state index in [0.717, 1.165) is 40.6 Å². The Hall–Kier alpha value is -2.89. The van der Waals surface area contributed by atoms with Crippen molar-refractivity contribution in [2.24, 2.45) is 13.0 Å². The summed E-state index contributed by atoms with van der Waals surface area (Å²) >= 11 is 0. The number of nitrogens with zero attached hydrogens (tertiary/aromatic N) is 2. The van der Waals surface area contributed by atoms with Gasteiger partial charge in [0.2, 0.25) is 5.91 Å². The number of aryl methyl sites for hydroxylation is 2. The zero-order chi connectivity index (χ0) is 17.4. The number of amides is 1. The molecule has 1 atom stereocenters. The summed E-state index contributed by atoms with van der Waals surface area (Å²) in [5.41, 5.74) is 3.86. The second-order valence-corrected chi connectivity index (χ2v) is 6.60. The van der Waals surface area contributed by atoms with Crippen LogP contribution in [0.4, 0.5) is 0 Å². The maximum absolute atomic E-state index is 12.6. The number of benzene rings is 1. The quantitative estimate of drug-likeness (QED) is 0.764. The molecule has 2 N–H and O–H groups in total. The minimum Gasteiger partial charge on any atom is -0.361 e. The molecule has 2 aromatic heterocycles. The first-order valence-electron chi connectivity index (χ1n) is 8.50. The molecule has 6 nitrogen and oxygen atoms in total. The molecule has 3 aromatic rings. The summed E-state index contributed by atoms with van der Waals surface area (Å²) in [6.07, 6.45) is 4.01. The first-order chi connectivity index (χ1) is 12.1. The Morgan fingerprint density at radius 3 is 3.12 bits per heavy atom. The molecule has 6 heteroatoms. The van der Waals surface area contributed by atoms with Gasteiger partial charge in [-0.3, -0.25) is 9.59 Å². The first-order valence-corrected chi connectivity index (χ1v) is 8.50. The Morgan fingerprint density at radius 1 is 1.40 bits per heavy atom.